The van der Waals surface area contributed by atoms with Gasteiger partial charge in [-0.1, -0.05) is 31.9 Å². The number of hydrogen-bond donors (Lipinski definition) is 2. The number of aryl methyl sites for hydroxylation is 1. The number of aromatic nitrogens is 4. The van der Waals surface area contributed by atoms with Crippen LogP contribution in [0.15, 0.2) is 18.5 Å². The predicted octanol–water partition coefficient (Wildman–Crippen LogP) is 2.02. The van der Waals surface area contributed by atoms with E-state index in [9.17, 15) is 9.59 Å². The number of allylic oxidation sites excluding steroid dienone is 1. The molecule has 0 saturated heterocycles. The van der Waals surface area contributed by atoms with E-state index in [0.29, 0.717) is 11.6 Å². The van der Waals surface area contributed by atoms with Crippen LogP contribution in [0.1, 0.15) is 38.4 Å². The summed E-state index contributed by atoms with van der Waals surface area (Å²) in [6.45, 7) is 9.68. The van der Waals surface area contributed by atoms with Gasteiger partial charge < -0.3 is 9.36 Å². The molecule has 0 unspecified atom stereocenters. The van der Waals surface area contributed by atoms with Crippen LogP contribution in [0.2, 0.25) is 5.54 Å². The van der Waals surface area contributed by atoms with Crippen molar-refractivity contribution < 1.29 is 9.59 Å². The number of hydrogen-bond acceptors (Lipinski definition) is 5. The van der Waals surface area contributed by atoms with Crippen LogP contribution >= 0.6 is 0 Å². The van der Waals surface area contributed by atoms with E-state index in [1.165, 1.54) is 6.92 Å². The molecule has 1 fully saturated rings. The number of imidazole rings is 1. The molecule has 1 aliphatic rings. The predicted molar refractivity (Wildman–Crippen MR) is 92.7 cm³/mol. The lowest BCUT2D eigenvalue weighted by atomic mass is 10.00. The number of carbonyl (C=O) groups excluding carboxylic acids is 1. The van der Waals surface area contributed by atoms with Gasteiger partial charge in [-0.2, -0.15) is 10.5 Å². The standard InChI is InChI=1S/C16H21N5O2Si/c1-5-11-8(2)12(6-13(11)24-23)21-7-17-14-9(3)18-16(19-10(4)22)20-15(14)21/h7,11-13,23H,2,5-6H2,1,3-4H3,(H,18,19,20,22)/q-1/t11-,12-,13-/m0/s1. The average molecular weight is 343 g/mol. The lowest BCUT2D eigenvalue weighted by molar-refractivity contribution is -0.114. The minimum absolute atomic E-state index is 0.0593. The smallest absolute Gasteiger partial charge is 0.231 e. The van der Waals surface area contributed by atoms with Crippen molar-refractivity contribution in [3.63, 3.8) is 0 Å². The number of nitrogens with zero attached hydrogens (tertiary/aromatic N) is 4. The van der Waals surface area contributed by atoms with Crippen molar-refractivity contribution >= 4 is 32.8 Å². The Labute approximate surface area is 143 Å². The van der Waals surface area contributed by atoms with Crippen molar-refractivity contribution in [1.29, 1.82) is 0 Å². The maximum atomic E-state index is 11.3. The van der Waals surface area contributed by atoms with Crippen LogP contribution in [0.5, 0.6) is 0 Å². The highest BCUT2D eigenvalue weighted by atomic mass is 28.2. The summed E-state index contributed by atoms with van der Waals surface area (Å²) >= 11 is 0. The van der Waals surface area contributed by atoms with Crippen molar-refractivity contribution in [1.82, 2.24) is 19.5 Å². The zero-order valence-corrected chi connectivity index (χ0v) is 15.1. The van der Waals surface area contributed by atoms with Crippen LogP contribution in [0, 0.1) is 12.8 Å². The third-order valence-electron chi connectivity index (χ3n) is 4.69. The van der Waals surface area contributed by atoms with E-state index < -0.39 is 0 Å². The highest BCUT2D eigenvalue weighted by Crippen LogP contribution is 2.48. The summed E-state index contributed by atoms with van der Waals surface area (Å²) < 4.78 is 2.00. The highest BCUT2D eigenvalue weighted by Gasteiger charge is 2.33. The number of carbonyl (C=O) groups is 1. The van der Waals surface area contributed by atoms with Gasteiger partial charge in [0, 0.05) is 6.92 Å². The van der Waals surface area contributed by atoms with Crippen LogP contribution in [0.3, 0.4) is 0 Å². The summed E-state index contributed by atoms with van der Waals surface area (Å²) in [5.74, 6) is 0.386. The van der Waals surface area contributed by atoms with Crippen molar-refractivity contribution in [2.24, 2.45) is 5.92 Å². The molecule has 2 aromatic rings. The van der Waals surface area contributed by atoms with E-state index in [2.05, 4.69) is 33.8 Å². The second-order valence-electron chi connectivity index (χ2n) is 6.21. The third kappa shape index (κ3) is 2.76. The molecule has 0 aromatic carbocycles. The topological polar surface area (TPSA) is 92.9 Å². The first-order valence-electron chi connectivity index (χ1n) is 8.03. The van der Waals surface area contributed by atoms with Crippen LogP contribution in [0.25, 0.3) is 11.2 Å². The number of nitrogens with one attached hydrogen (secondary N) is 1. The maximum absolute atomic E-state index is 11.3. The number of amides is 1. The third-order valence-corrected chi connectivity index (χ3v) is 5.66. The van der Waals surface area contributed by atoms with Gasteiger partial charge in [-0.05, 0) is 12.8 Å². The van der Waals surface area contributed by atoms with Crippen LogP contribution in [0.4, 0.5) is 5.95 Å². The first-order chi connectivity index (χ1) is 11.5. The fourth-order valence-electron chi connectivity index (χ4n) is 3.54. The molecule has 2 aromatic heterocycles. The zero-order chi connectivity index (χ0) is 17.4. The molecular weight excluding hydrogens is 322 g/mol. The van der Waals surface area contributed by atoms with E-state index in [0.717, 1.165) is 29.6 Å². The van der Waals surface area contributed by atoms with E-state index in [1.54, 1.807) is 6.33 Å². The molecule has 1 radical (unpaired) electrons. The molecule has 2 heterocycles. The maximum Gasteiger partial charge on any atom is 0.231 e. The lowest BCUT2D eigenvalue weighted by Crippen LogP contribution is -2.12. The fourth-order valence-corrected chi connectivity index (χ4v) is 4.50. The largest absolute Gasteiger partial charge is 0.634 e. The second kappa shape index (κ2) is 6.44. The molecule has 8 heteroatoms. The summed E-state index contributed by atoms with van der Waals surface area (Å²) in [4.78, 5) is 34.2. The minimum Gasteiger partial charge on any atom is -0.634 e. The molecular formula is C16H21N5O2Si-. The SMILES string of the molecule is C=C1[C@H](CC)[C@@H]([Si-]O)C[C@@H]1n1cnc2c(C)nc(NC(C)=O)nc21. The Bertz CT molecular complexity index is 803. The van der Waals surface area contributed by atoms with Crippen molar-refractivity contribution in [3.8, 4) is 0 Å². The second-order valence-corrected chi connectivity index (χ2v) is 7.21. The van der Waals surface area contributed by atoms with Crippen molar-refractivity contribution in [2.75, 3.05) is 5.32 Å². The minimum atomic E-state index is -0.210. The zero-order valence-electron chi connectivity index (χ0n) is 14.1. The number of rotatable bonds is 4. The van der Waals surface area contributed by atoms with E-state index in [4.69, 9.17) is 0 Å². The normalized spacial score (nSPS) is 23.8. The van der Waals surface area contributed by atoms with Crippen LogP contribution in [-0.4, -0.2) is 40.0 Å². The first kappa shape index (κ1) is 16.8. The number of fused-ring (bicyclic) bond motifs is 1. The summed E-state index contributed by atoms with van der Waals surface area (Å²) in [5.41, 5.74) is 3.48. The molecule has 2 N–H and O–H groups in total. The Morgan fingerprint density at radius 3 is 2.88 bits per heavy atom. The van der Waals surface area contributed by atoms with Gasteiger partial charge in [0.2, 0.25) is 11.9 Å². The summed E-state index contributed by atoms with van der Waals surface area (Å²) in [6.07, 6.45) is 3.55. The fraction of sp³-hybridized carbons (Fsp3) is 0.500. The first-order valence-corrected chi connectivity index (χ1v) is 9.05. The Morgan fingerprint density at radius 2 is 2.29 bits per heavy atom. The van der Waals surface area contributed by atoms with Gasteiger partial charge in [0.1, 0.15) is 5.52 Å². The molecule has 3 rings (SSSR count). The van der Waals surface area contributed by atoms with Gasteiger partial charge in [0.05, 0.1) is 18.1 Å². The van der Waals surface area contributed by atoms with Gasteiger partial charge in [-0.3, -0.25) is 19.9 Å². The Balaban J connectivity index is 2.05. The van der Waals surface area contributed by atoms with Gasteiger partial charge >= 0.3 is 0 Å². The summed E-state index contributed by atoms with van der Waals surface area (Å²) in [7, 11) is -0.0905. The molecule has 127 valence electrons. The Kier molecular flexibility index (Phi) is 4.51. The van der Waals surface area contributed by atoms with Crippen LogP contribution < -0.4 is 5.32 Å². The molecule has 1 saturated carbocycles. The quantitative estimate of drug-likeness (QED) is 0.654. The van der Waals surface area contributed by atoms with E-state index >= 15 is 0 Å². The molecule has 24 heavy (non-hydrogen) atoms. The number of anilines is 1. The molecule has 1 aliphatic carbocycles. The molecule has 0 bridgehead atoms. The van der Waals surface area contributed by atoms with Gasteiger partial charge in [0.15, 0.2) is 5.65 Å². The average Bonchev–Trinajstić information content (AvgIpc) is 3.07. The molecule has 0 aliphatic heterocycles. The van der Waals surface area contributed by atoms with Gasteiger partial charge in [0.25, 0.3) is 0 Å². The highest BCUT2D eigenvalue weighted by molar-refractivity contribution is 6.28. The van der Waals surface area contributed by atoms with Gasteiger partial charge in [-0.15, -0.1) is 0 Å². The van der Waals surface area contributed by atoms with Crippen molar-refractivity contribution in [3.05, 3.63) is 24.2 Å². The Hall–Kier alpha value is -2.06. The monoisotopic (exact) mass is 343 g/mol. The van der Waals surface area contributed by atoms with E-state index in [1.807, 2.05) is 11.5 Å². The summed E-state index contributed by atoms with van der Waals surface area (Å²) in [6, 6.07) is 0.0593. The molecule has 3 atom stereocenters. The molecule has 1 amide bonds. The lowest BCUT2D eigenvalue weighted by Gasteiger charge is -2.25. The van der Waals surface area contributed by atoms with Gasteiger partial charge in [-0.25, -0.2) is 9.97 Å². The van der Waals surface area contributed by atoms with Crippen molar-refractivity contribution in [2.45, 2.75) is 45.2 Å². The molecule has 7 nitrogen and oxygen atoms in total. The Morgan fingerprint density at radius 1 is 1.54 bits per heavy atom. The van der Waals surface area contributed by atoms with Crippen LogP contribution in [-0.2, 0) is 4.79 Å². The molecule has 0 spiro atoms. The van der Waals surface area contributed by atoms with E-state index in [-0.39, 0.29) is 33.2 Å². The summed E-state index contributed by atoms with van der Waals surface area (Å²) in [5, 5.41) is 2.63.